The van der Waals surface area contributed by atoms with Gasteiger partial charge in [-0.25, -0.2) is 27.3 Å². The number of phosphoric ester groups is 1. The van der Waals surface area contributed by atoms with Crippen molar-refractivity contribution in [1.82, 2.24) is 9.55 Å². The van der Waals surface area contributed by atoms with Gasteiger partial charge in [0.15, 0.2) is 18.5 Å². The Balaban J connectivity index is 1.67. The Morgan fingerprint density at radius 3 is 1.83 bits per heavy atom. The molecule has 1 aliphatic heterocycles. The fourth-order valence-electron chi connectivity index (χ4n) is 5.52. The zero-order valence-corrected chi connectivity index (χ0v) is 30.0. The lowest BCUT2D eigenvalue weighted by molar-refractivity contribution is -0.229. The highest BCUT2D eigenvalue weighted by Crippen LogP contribution is 2.66. The molecule has 2 unspecified atom stereocenters. The summed E-state index contributed by atoms with van der Waals surface area (Å²) >= 11 is 0. The van der Waals surface area contributed by atoms with Crippen molar-refractivity contribution in [1.29, 1.82) is 0 Å². The SMILES string of the molecule is COc1ccc(C(O[C@H]2[C@@H](F)[C@H](n3ccc(=O)[nH]c3=O)O[C@]2(F)COP(=O)(O)OP(=O)(O)OP(=O)(O)O)(c2ccccc2)c2ccc(OC)cc2)cc1. The summed E-state index contributed by atoms with van der Waals surface area (Å²) in [5, 5.41) is 0. The number of H-pyrrole nitrogens is 1. The summed E-state index contributed by atoms with van der Waals surface area (Å²) in [5.41, 5.74) is -3.35. The number of halogens is 2. The maximum atomic E-state index is 17.4. The molecule has 4 aromatic rings. The molecule has 1 aliphatic rings. The van der Waals surface area contributed by atoms with Gasteiger partial charge in [-0.2, -0.15) is 8.62 Å². The van der Waals surface area contributed by atoms with Gasteiger partial charge in [-0.1, -0.05) is 54.6 Å². The second kappa shape index (κ2) is 15.5. The number of benzene rings is 3. The van der Waals surface area contributed by atoms with Crippen molar-refractivity contribution in [2.75, 3.05) is 20.8 Å². The Bertz CT molecular complexity index is 2120. The molecule has 6 atom stereocenters. The zero-order chi connectivity index (χ0) is 38.8. The van der Waals surface area contributed by atoms with Crippen LogP contribution in [-0.2, 0) is 41.9 Å². The Morgan fingerprint density at radius 2 is 1.34 bits per heavy atom. The first-order valence-electron chi connectivity index (χ1n) is 14.9. The van der Waals surface area contributed by atoms with Crippen molar-refractivity contribution in [3.63, 3.8) is 0 Å². The van der Waals surface area contributed by atoms with Gasteiger partial charge < -0.3 is 38.5 Å². The summed E-state index contributed by atoms with van der Waals surface area (Å²) in [5.74, 6) is -2.91. The average molecular weight is 806 g/mol. The molecular weight excluding hydrogens is 775 g/mol. The molecule has 3 aromatic carbocycles. The standard InChI is InChI=1S/C30H31F2N2O16P3/c1-44-22-12-8-20(9-13-22)30(19-6-4-3-5-7-19,21-10-14-23(45-2)15-11-21)47-26-25(31)27(34-17-16-24(35)33-28(34)36)48-29(26,32)18-46-52(40,41)50-53(42,43)49-51(37,38)39/h3-17,25-27H,18H2,1-2H3,(H,40,41)(H,42,43)(H,33,35,36)(H2,37,38,39)/t25-,26+,27-,29-/m1/s1. The van der Waals surface area contributed by atoms with E-state index in [1.54, 1.807) is 54.6 Å². The monoisotopic (exact) mass is 806 g/mol. The first-order valence-corrected chi connectivity index (χ1v) is 19.5. The molecule has 0 amide bonds. The van der Waals surface area contributed by atoms with E-state index in [4.69, 9.17) is 28.7 Å². The van der Waals surface area contributed by atoms with E-state index in [1.807, 2.05) is 4.98 Å². The molecule has 18 nitrogen and oxygen atoms in total. The highest BCUT2D eigenvalue weighted by Gasteiger charge is 2.62. The van der Waals surface area contributed by atoms with Crippen LogP contribution < -0.4 is 20.7 Å². The number of aromatic amines is 1. The number of phosphoric acid groups is 3. The molecule has 286 valence electrons. The van der Waals surface area contributed by atoms with Gasteiger partial charge in [0.05, 0.1) is 14.2 Å². The van der Waals surface area contributed by atoms with E-state index >= 15 is 8.78 Å². The lowest BCUT2D eigenvalue weighted by Crippen LogP contribution is -2.49. The van der Waals surface area contributed by atoms with E-state index in [0.717, 1.165) is 12.3 Å². The van der Waals surface area contributed by atoms with E-state index in [9.17, 15) is 33.1 Å². The van der Waals surface area contributed by atoms with Gasteiger partial charge in [0.1, 0.15) is 23.7 Å². The van der Waals surface area contributed by atoms with E-state index < -0.39 is 71.3 Å². The highest BCUT2D eigenvalue weighted by molar-refractivity contribution is 7.66. The molecule has 53 heavy (non-hydrogen) atoms. The van der Waals surface area contributed by atoms with E-state index in [2.05, 4.69) is 13.1 Å². The summed E-state index contributed by atoms with van der Waals surface area (Å²) in [4.78, 5) is 63.9. The van der Waals surface area contributed by atoms with Crippen LogP contribution in [-0.4, -0.2) is 68.1 Å². The Morgan fingerprint density at radius 1 is 0.811 bits per heavy atom. The molecule has 1 fully saturated rings. The Kier molecular flexibility index (Phi) is 11.8. The predicted octanol–water partition coefficient (Wildman–Crippen LogP) is 3.81. The Hall–Kier alpha value is -3.87. The number of methoxy groups -OCH3 is 2. The molecular formula is C30H31F2N2O16P3. The molecule has 0 aliphatic carbocycles. The topological polar surface area (TPSA) is 252 Å². The quantitative estimate of drug-likeness (QED) is 0.0846. The molecule has 0 saturated carbocycles. The van der Waals surface area contributed by atoms with Gasteiger partial charge in [0.25, 0.3) is 11.4 Å². The third-order valence-electron chi connectivity index (χ3n) is 7.75. The van der Waals surface area contributed by atoms with Gasteiger partial charge in [-0.05, 0) is 41.0 Å². The third kappa shape index (κ3) is 9.09. The number of aromatic nitrogens is 2. The summed E-state index contributed by atoms with van der Waals surface area (Å²) < 4.78 is 105. The van der Waals surface area contributed by atoms with Crippen molar-refractivity contribution >= 4 is 23.5 Å². The maximum Gasteiger partial charge on any atom is 0.490 e. The molecule has 1 saturated heterocycles. The summed E-state index contributed by atoms with van der Waals surface area (Å²) in [6.07, 6.45) is -6.70. The molecule has 1 aromatic heterocycles. The second-order valence-corrected chi connectivity index (χ2v) is 15.6. The van der Waals surface area contributed by atoms with Crippen LogP contribution in [0.5, 0.6) is 11.5 Å². The number of alkyl halides is 2. The molecule has 0 spiro atoms. The molecule has 0 radical (unpaired) electrons. The summed E-state index contributed by atoms with van der Waals surface area (Å²) in [7, 11) is -15.0. The van der Waals surface area contributed by atoms with Gasteiger partial charge >= 0.3 is 29.2 Å². The molecule has 2 heterocycles. The molecule has 23 heteroatoms. The van der Waals surface area contributed by atoms with Crippen molar-refractivity contribution in [3.05, 3.63) is 129 Å². The second-order valence-electron chi connectivity index (χ2n) is 11.2. The summed E-state index contributed by atoms with van der Waals surface area (Å²) in [6, 6.07) is 21.1. The largest absolute Gasteiger partial charge is 0.497 e. The number of hydrogen-bond donors (Lipinski definition) is 5. The maximum absolute atomic E-state index is 17.4. The van der Waals surface area contributed by atoms with Gasteiger partial charge in [-0.15, -0.1) is 0 Å². The normalized spacial score (nSPS) is 22.8. The highest BCUT2D eigenvalue weighted by atomic mass is 31.3. The van der Waals surface area contributed by atoms with Crippen LogP contribution in [0.15, 0.2) is 101 Å². The number of hydrogen-bond acceptors (Lipinski definition) is 12. The molecule has 5 rings (SSSR count). The summed E-state index contributed by atoms with van der Waals surface area (Å²) in [6.45, 7) is -1.84. The van der Waals surface area contributed by atoms with Crippen molar-refractivity contribution in [3.8, 4) is 11.5 Å². The first-order chi connectivity index (χ1) is 24.8. The lowest BCUT2D eigenvalue weighted by Gasteiger charge is -2.40. The fraction of sp³-hybridized carbons (Fsp3) is 0.267. The lowest BCUT2D eigenvalue weighted by atomic mass is 9.79. The van der Waals surface area contributed by atoms with E-state index in [-0.39, 0.29) is 16.7 Å². The zero-order valence-electron chi connectivity index (χ0n) is 27.3. The fourth-order valence-corrected chi connectivity index (χ4v) is 8.55. The number of nitrogens with one attached hydrogen (secondary N) is 1. The smallest absolute Gasteiger partial charge is 0.490 e. The van der Waals surface area contributed by atoms with Crippen molar-refractivity contribution < 1.29 is 74.1 Å². The number of nitrogens with zero attached hydrogens (tertiary/aromatic N) is 1. The van der Waals surface area contributed by atoms with Gasteiger partial charge in [0.2, 0.25) is 0 Å². The first kappa shape index (κ1) is 40.3. The van der Waals surface area contributed by atoms with Crippen molar-refractivity contribution in [2.24, 2.45) is 0 Å². The van der Waals surface area contributed by atoms with Crippen LogP contribution in [0.1, 0.15) is 22.9 Å². The van der Waals surface area contributed by atoms with Gasteiger partial charge in [-0.3, -0.25) is 18.9 Å². The van der Waals surface area contributed by atoms with Crippen LogP contribution in [0.2, 0.25) is 0 Å². The minimum atomic E-state index is -6.05. The number of ether oxygens (including phenoxy) is 4. The van der Waals surface area contributed by atoms with E-state index in [1.165, 1.54) is 38.5 Å². The molecule has 0 bridgehead atoms. The van der Waals surface area contributed by atoms with Crippen LogP contribution in [0.4, 0.5) is 8.78 Å². The van der Waals surface area contributed by atoms with Crippen LogP contribution in [0.3, 0.4) is 0 Å². The average Bonchev–Trinajstić information content (AvgIpc) is 3.34. The van der Waals surface area contributed by atoms with Crippen LogP contribution in [0, 0.1) is 0 Å². The predicted molar refractivity (Wildman–Crippen MR) is 177 cm³/mol. The van der Waals surface area contributed by atoms with Gasteiger partial charge in [0, 0.05) is 12.3 Å². The minimum absolute atomic E-state index is 0.252. The molecule has 5 N–H and O–H groups in total. The third-order valence-corrected chi connectivity index (χ3v) is 11.5. The van der Waals surface area contributed by atoms with Crippen LogP contribution >= 0.6 is 23.5 Å². The Labute approximate surface area is 297 Å². The van der Waals surface area contributed by atoms with Crippen LogP contribution in [0.25, 0.3) is 0 Å². The number of rotatable bonds is 15. The minimum Gasteiger partial charge on any atom is -0.497 e. The van der Waals surface area contributed by atoms with Crippen molar-refractivity contribution in [2.45, 2.75) is 30.0 Å². The van der Waals surface area contributed by atoms with E-state index in [0.29, 0.717) is 16.1 Å².